The number of nitrogens with zero attached hydrogens (tertiary/aromatic N) is 2. The number of aromatic nitrogens is 2. The van der Waals surface area contributed by atoms with Gasteiger partial charge < -0.3 is 5.32 Å². The molecule has 0 aliphatic rings. The van der Waals surface area contributed by atoms with Crippen LogP contribution in [0.3, 0.4) is 0 Å². The van der Waals surface area contributed by atoms with E-state index in [1.54, 1.807) is 30.6 Å². The largest absolute Gasteiger partial charge is 0.307 e. The van der Waals surface area contributed by atoms with Gasteiger partial charge in [0.1, 0.15) is 11.6 Å². The number of rotatable bonds is 6. The van der Waals surface area contributed by atoms with Gasteiger partial charge in [0, 0.05) is 12.4 Å². The molecular formula is C15H18FN3. The zero-order valence-corrected chi connectivity index (χ0v) is 11.0. The van der Waals surface area contributed by atoms with Crippen molar-refractivity contribution in [1.82, 2.24) is 15.3 Å². The van der Waals surface area contributed by atoms with Gasteiger partial charge in [-0.25, -0.2) is 14.4 Å². The second-order valence-corrected chi connectivity index (χ2v) is 4.41. The van der Waals surface area contributed by atoms with Crippen LogP contribution < -0.4 is 5.32 Å². The molecule has 0 amide bonds. The molecule has 1 unspecified atom stereocenters. The third-order valence-electron chi connectivity index (χ3n) is 2.92. The topological polar surface area (TPSA) is 37.8 Å². The maximum Gasteiger partial charge on any atom is 0.145 e. The first-order chi connectivity index (χ1) is 9.31. The molecule has 0 fully saturated rings. The van der Waals surface area contributed by atoms with E-state index in [-0.39, 0.29) is 11.9 Å². The van der Waals surface area contributed by atoms with E-state index in [1.807, 2.05) is 6.07 Å². The predicted molar refractivity (Wildman–Crippen MR) is 73.2 cm³/mol. The summed E-state index contributed by atoms with van der Waals surface area (Å²) in [5.74, 6) is 0.529. The molecule has 2 aromatic rings. The third kappa shape index (κ3) is 3.83. The first-order valence-corrected chi connectivity index (χ1v) is 6.55. The van der Waals surface area contributed by atoms with Gasteiger partial charge in [-0.2, -0.15) is 0 Å². The van der Waals surface area contributed by atoms with Gasteiger partial charge in [-0.05, 0) is 37.1 Å². The minimum absolute atomic E-state index is 0.0574. The summed E-state index contributed by atoms with van der Waals surface area (Å²) in [6, 6.07) is 8.56. The lowest BCUT2D eigenvalue weighted by Gasteiger charge is -2.17. The Labute approximate surface area is 112 Å². The van der Waals surface area contributed by atoms with Crippen molar-refractivity contribution in [3.8, 4) is 0 Å². The molecule has 0 aliphatic heterocycles. The fraction of sp³-hybridized carbons (Fsp3) is 0.333. The van der Waals surface area contributed by atoms with Gasteiger partial charge in [-0.1, -0.05) is 25.1 Å². The van der Waals surface area contributed by atoms with Crippen LogP contribution in [0, 0.1) is 5.82 Å². The molecule has 0 saturated heterocycles. The van der Waals surface area contributed by atoms with Crippen LogP contribution in [-0.4, -0.2) is 16.5 Å². The third-order valence-corrected chi connectivity index (χ3v) is 2.92. The fourth-order valence-corrected chi connectivity index (χ4v) is 1.95. The van der Waals surface area contributed by atoms with Crippen LogP contribution >= 0.6 is 0 Å². The summed E-state index contributed by atoms with van der Waals surface area (Å²) < 4.78 is 13.7. The maximum atomic E-state index is 13.7. The Morgan fingerprint density at radius 3 is 2.58 bits per heavy atom. The average molecular weight is 259 g/mol. The first kappa shape index (κ1) is 13.6. The molecule has 1 aromatic heterocycles. The highest BCUT2D eigenvalue weighted by Crippen LogP contribution is 2.17. The van der Waals surface area contributed by atoms with Gasteiger partial charge in [-0.3, -0.25) is 0 Å². The Hall–Kier alpha value is -1.81. The Kier molecular flexibility index (Phi) is 4.98. The summed E-state index contributed by atoms with van der Waals surface area (Å²) in [6.45, 7) is 2.95. The number of halogens is 1. The molecule has 100 valence electrons. The highest BCUT2D eigenvalue weighted by molar-refractivity contribution is 5.19. The normalized spacial score (nSPS) is 12.3. The van der Waals surface area contributed by atoms with Gasteiger partial charge in [0.15, 0.2) is 0 Å². The van der Waals surface area contributed by atoms with Crippen LogP contribution in [0.25, 0.3) is 0 Å². The Balaban J connectivity index is 2.17. The Morgan fingerprint density at radius 1 is 1.16 bits per heavy atom. The molecule has 2 rings (SSSR count). The van der Waals surface area contributed by atoms with Crippen molar-refractivity contribution in [1.29, 1.82) is 0 Å². The van der Waals surface area contributed by atoms with E-state index in [1.165, 1.54) is 6.07 Å². The zero-order valence-electron chi connectivity index (χ0n) is 11.0. The minimum atomic E-state index is -0.179. The van der Waals surface area contributed by atoms with E-state index in [9.17, 15) is 4.39 Å². The van der Waals surface area contributed by atoms with Crippen molar-refractivity contribution < 1.29 is 4.39 Å². The van der Waals surface area contributed by atoms with Crippen molar-refractivity contribution in [3.05, 3.63) is 59.9 Å². The van der Waals surface area contributed by atoms with Crippen molar-refractivity contribution >= 4 is 0 Å². The minimum Gasteiger partial charge on any atom is -0.307 e. The second-order valence-electron chi connectivity index (χ2n) is 4.41. The average Bonchev–Trinajstić information content (AvgIpc) is 2.46. The molecule has 0 saturated carbocycles. The molecule has 1 atom stereocenters. The van der Waals surface area contributed by atoms with E-state index < -0.39 is 0 Å². The number of hydrogen-bond acceptors (Lipinski definition) is 3. The lowest BCUT2D eigenvalue weighted by Crippen LogP contribution is -2.26. The van der Waals surface area contributed by atoms with Crippen LogP contribution in [0.5, 0.6) is 0 Å². The molecule has 0 radical (unpaired) electrons. The lowest BCUT2D eigenvalue weighted by atomic mass is 10.0. The monoisotopic (exact) mass is 259 g/mol. The molecule has 1 heterocycles. The second kappa shape index (κ2) is 6.95. The SMILES string of the molecule is CCCNC(Cc1ccccc1F)c1ncccn1. The summed E-state index contributed by atoms with van der Waals surface area (Å²) in [7, 11) is 0. The van der Waals surface area contributed by atoms with Gasteiger partial charge in [0.2, 0.25) is 0 Å². The van der Waals surface area contributed by atoms with Crippen molar-refractivity contribution in [3.63, 3.8) is 0 Å². The van der Waals surface area contributed by atoms with E-state index in [2.05, 4.69) is 22.2 Å². The van der Waals surface area contributed by atoms with Gasteiger partial charge in [-0.15, -0.1) is 0 Å². The summed E-state index contributed by atoms with van der Waals surface area (Å²) in [5, 5.41) is 3.37. The van der Waals surface area contributed by atoms with E-state index >= 15 is 0 Å². The molecule has 1 N–H and O–H groups in total. The molecule has 3 nitrogen and oxygen atoms in total. The summed E-state index contributed by atoms with van der Waals surface area (Å²) in [6.07, 6.45) is 4.99. The zero-order chi connectivity index (χ0) is 13.5. The number of hydrogen-bond donors (Lipinski definition) is 1. The van der Waals surface area contributed by atoms with Gasteiger partial charge >= 0.3 is 0 Å². The van der Waals surface area contributed by atoms with E-state index in [4.69, 9.17) is 0 Å². The first-order valence-electron chi connectivity index (χ1n) is 6.55. The van der Waals surface area contributed by atoms with Crippen LogP contribution in [0.15, 0.2) is 42.7 Å². The van der Waals surface area contributed by atoms with Crippen LogP contribution in [-0.2, 0) is 6.42 Å². The van der Waals surface area contributed by atoms with Gasteiger partial charge in [0.05, 0.1) is 6.04 Å². The quantitative estimate of drug-likeness (QED) is 0.866. The van der Waals surface area contributed by atoms with Crippen LogP contribution in [0.1, 0.15) is 30.8 Å². The van der Waals surface area contributed by atoms with E-state index in [0.29, 0.717) is 17.8 Å². The standard InChI is InChI=1S/C15H18FN3/c1-2-8-17-14(15-18-9-5-10-19-15)11-12-6-3-4-7-13(12)16/h3-7,9-10,14,17H,2,8,11H2,1H3. The fourth-order valence-electron chi connectivity index (χ4n) is 1.95. The maximum absolute atomic E-state index is 13.7. The molecule has 4 heteroatoms. The smallest absolute Gasteiger partial charge is 0.145 e. The van der Waals surface area contributed by atoms with E-state index in [0.717, 1.165) is 13.0 Å². The summed E-state index contributed by atoms with van der Waals surface area (Å²) >= 11 is 0. The molecule has 0 spiro atoms. The van der Waals surface area contributed by atoms with Crippen LogP contribution in [0.4, 0.5) is 4.39 Å². The molecule has 19 heavy (non-hydrogen) atoms. The molecule has 0 bridgehead atoms. The van der Waals surface area contributed by atoms with Gasteiger partial charge in [0.25, 0.3) is 0 Å². The lowest BCUT2D eigenvalue weighted by molar-refractivity contribution is 0.492. The van der Waals surface area contributed by atoms with Crippen molar-refractivity contribution in [2.24, 2.45) is 0 Å². The summed E-state index contributed by atoms with van der Waals surface area (Å²) in [4.78, 5) is 8.52. The number of nitrogens with one attached hydrogen (secondary N) is 1. The predicted octanol–water partition coefficient (Wildman–Crippen LogP) is 2.90. The Bertz CT molecular complexity index is 502. The molecular weight excluding hydrogens is 241 g/mol. The molecule has 1 aromatic carbocycles. The summed E-state index contributed by atoms with van der Waals surface area (Å²) in [5.41, 5.74) is 0.684. The van der Waals surface area contributed by atoms with Crippen molar-refractivity contribution in [2.45, 2.75) is 25.8 Å². The molecule has 0 aliphatic carbocycles. The van der Waals surface area contributed by atoms with Crippen LogP contribution in [0.2, 0.25) is 0 Å². The Morgan fingerprint density at radius 2 is 1.89 bits per heavy atom. The number of benzene rings is 1. The highest BCUT2D eigenvalue weighted by atomic mass is 19.1. The van der Waals surface area contributed by atoms with Crippen molar-refractivity contribution in [2.75, 3.05) is 6.54 Å². The highest BCUT2D eigenvalue weighted by Gasteiger charge is 2.15.